The van der Waals surface area contributed by atoms with E-state index >= 15 is 0 Å². The maximum Gasteiger partial charge on any atom is 0.0620 e. The van der Waals surface area contributed by atoms with Gasteiger partial charge in [0.05, 0.1) is 38.8 Å². The minimum Gasteiger partial charge on any atom is -0.309 e. The molecule has 0 unspecified atom stereocenters. The van der Waals surface area contributed by atoms with E-state index in [1.807, 2.05) is 0 Å². The Hall–Kier alpha value is -7.62. The van der Waals surface area contributed by atoms with Gasteiger partial charge in [-0.15, -0.1) is 0 Å². The smallest absolute Gasteiger partial charge is 0.0620 e. The first-order valence-corrected chi connectivity index (χ1v) is 19.6. The van der Waals surface area contributed by atoms with Crippen LogP contribution in [0.3, 0.4) is 0 Å². The zero-order valence-electron chi connectivity index (χ0n) is 31.0. The van der Waals surface area contributed by atoms with E-state index in [0.29, 0.717) is 0 Å². The van der Waals surface area contributed by atoms with Crippen LogP contribution in [0.25, 0.3) is 105 Å². The number of nitrogens with zero attached hydrogens (tertiary/aromatic N) is 3. The largest absolute Gasteiger partial charge is 0.309 e. The fourth-order valence-corrected chi connectivity index (χ4v) is 9.47. The van der Waals surface area contributed by atoms with Crippen molar-refractivity contribution >= 4 is 65.4 Å². The number of rotatable bonds is 5. The molecule has 0 aliphatic carbocycles. The van der Waals surface area contributed by atoms with Crippen LogP contribution in [0, 0.1) is 0 Å². The van der Waals surface area contributed by atoms with Crippen molar-refractivity contribution in [1.29, 1.82) is 0 Å². The third kappa shape index (κ3) is 4.66. The van der Waals surface area contributed by atoms with Gasteiger partial charge >= 0.3 is 0 Å². The van der Waals surface area contributed by atoms with Gasteiger partial charge in [0, 0.05) is 54.8 Å². The number of aromatic nitrogens is 3. The van der Waals surface area contributed by atoms with E-state index in [1.165, 1.54) is 87.7 Å². The summed E-state index contributed by atoms with van der Waals surface area (Å²) in [7, 11) is 0. The molecule has 12 rings (SSSR count). The van der Waals surface area contributed by atoms with Gasteiger partial charge in [0.15, 0.2) is 0 Å². The Morgan fingerprint density at radius 3 is 1.40 bits per heavy atom. The lowest BCUT2D eigenvalue weighted by Gasteiger charge is -2.18. The Kier molecular flexibility index (Phi) is 6.93. The number of para-hydroxylation sites is 6. The van der Waals surface area contributed by atoms with Gasteiger partial charge in [-0.25, -0.2) is 0 Å². The number of hydrogen-bond donors (Lipinski definition) is 0. The molecule has 0 atom stereocenters. The third-order valence-corrected chi connectivity index (χ3v) is 11.8. The molecule has 0 spiro atoms. The number of hydrogen-bond acceptors (Lipinski definition) is 0. The standard InChI is InChI=1S/C54H35N3/c1-4-17-36(18-5-1)37-31-32-49(45(35-37)42-27-16-26-41-40-23-10-13-28-46(40)56(54(41)42)39-21-8-3-9-22-39)57-48-30-15-12-25-44(48)53-51(57)34-33-50-52(53)43-24-11-14-29-47(43)55(50)38-19-6-2-7-20-38/h1-35H. The summed E-state index contributed by atoms with van der Waals surface area (Å²) in [5, 5.41) is 7.51. The monoisotopic (exact) mass is 725 g/mol. The lowest BCUT2D eigenvalue weighted by molar-refractivity contribution is 1.17. The zero-order chi connectivity index (χ0) is 37.5. The van der Waals surface area contributed by atoms with E-state index in [-0.39, 0.29) is 0 Å². The van der Waals surface area contributed by atoms with Crippen molar-refractivity contribution in [1.82, 2.24) is 13.7 Å². The van der Waals surface area contributed by atoms with E-state index < -0.39 is 0 Å². The van der Waals surface area contributed by atoms with Gasteiger partial charge in [-0.1, -0.05) is 146 Å². The summed E-state index contributed by atoms with van der Waals surface area (Å²) in [6.45, 7) is 0. The fourth-order valence-electron chi connectivity index (χ4n) is 9.47. The second kappa shape index (κ2) is 12.5. The molecule has 0 fully saturated rings. The normalized spacial score (nSPS) is 11.9. The van der Waals surface area contributed by atoms with Crippen molar-refractivity contribution in [3.8, 4) is 39.3 Å². The molecule has 0 amide bonds. The molecule has 57 heavy (non-hydrogen) atoms. The molecule has 3 nitrogen and oxygen atoms in total. The number of benzene rings is 9. The van der Waals surface area contributed by atoms with Crippen LogP contribution >= 0.6 is 0 Å². The summed E-state index contributed by atoms with van der Waals surface area (Å²) in [6, 6.07) is 77.4. The van der Waals surface area contributed by atoms with Gasteiger partial charge < -0.3 is 13.7 Å². The summed E-state index contributed by atoms with van der Waals surface area (Å²) >= 11 is 0. The molecule has 266 valence electrons. The lowest BCUT2D eigenvalue weighted by Crippen LogP contribution is -2.00. The van der Waals surface area contributed by atoms with Gasteiger partial charge in [-0.3, -0.25) is 0 Å². The van der Waals surface area contributed by atoms with Crippen LogP contribution in [0.15, 0.2) is 212 Å². The van der Waals surface area contributed by atoms with Crippen molar-refractivity contribution < 1.29 is 0 Å². The SMILES string of the molecule is c1ccc(-c2ccc(-n3c4ccccc4c4c5c6ccccc6n(-c6ccccc6)c5ccc43)c(-c3cccc4c5ccccc5n(-c5ccccc5)c34)c2)cc1. The molecule has 0 aliphatic heterocycles. The Balaban J connectivity index is 1.23. The molecule has 3 heteroatoms. The first-order valence-electron chi connectivity index (χ1n) is 19.6. The van der Waals surface area contributed by atoms with Crippen LogP contribution < -0.4 is 0 Å². The Bertz CT molecular complexity index is 3500. The highest BCUT2D eigenvalue weighted by atomic mass is 15.0. The van der Waals surface area contributed by atoms with E-state index in [1.54, 1.807) is 0 Å². The second-order valence-electron chi connectivity index (χ2n) is 14.9. The molecular formula is C54H35N3. The molecule has 0 aliphatic rings. The lowest BCUT2D eigenvalue weighted by atomic mass is 9.95. The first kappa shape index (κ1) is 31.7. The zero-order valence-corrected chi connectivity index (χ0v) is 31.0. The van der Waals surface area contributed by atoms with E-state index in [2.05, 4.69) is 226 Å². The predicted molar refractivity (Wildman–Crippen MR) is 240 cm³/mol. The molecule has 0 saturated carbocycles. The molecule has 12 aromatic rings. The maximum atomic E-state index is 2.51. The van der Waals surface area contributed by atoms with E-state index in [9.17, 15) is 0 Å². The molecule has 3 heterocycles. The fraction of sp³-hybridized carbons (Fsp3) is 0. The van der Waals surface area contributed by atoms with Gasteiger partial charge in [0.25, 0.3) is 0 Å². The third-order valence-electron chi connectivity index (χ3n) is 11.8. The van der Waals surface area contributed by atoms with Crippen LogP contribution in [-0.2, 0) is 0 Å². The predicted octanol–water partition coefficient (Wildman–Crippen LogP) is 14.3. The Morgan fingerprint density at radius 1 is 0.263 bits per heavy atom. The molecular weight excluding hydrogens is 691 g/mol. The topological polar surface area (TPSA) is 14.8 Å². The minimum atomic E-state index is 1.14. The van der Waals surface area contributed by atoms with Gasteiger partial charge in [0.1, 0.15) is 0 Å². The van der Waals surface area contributed by atoms with Gasteiger partial charge in [-0.2, -0.15) is 0 Å². The Morgan fingerprint density at radius 2 is 0.754 bits per heavy atom. The molecule has 0 N–H and O–H groups in total. The number of fused-ring (bicyclic) bond motifs is 10. The summed E-state index contributed by atoms with van der Waals surface area (Å²) in [5.74, 6) is 0. The second-order valence-corrected chi connectivity index (χ2v) is 14.9. The van der Waals surface area contributed by atoms with Crippen molar-refractivity contribution in [2.45, 2.75) is 0 Å². The van der Waals surface area contributed by atoms with Crippen molar-refractivity contribution in [3.63, 3.8) is 0 Å². The molecule has 3 aromatic heterocycles. The van der Waals surface area contributed by atoms with Crippen LogP contribution in [0.5, 0.6) is 0 Å². The summed E-state index contributed by atoms with van der Waals surface area (Å²) in [5.41, 5.74) is 15.4. The van der Waals surface area contributed by atoms with Crippen molar-refractivity contribution in [3.05, 3.63) is 212 Å². The van der Waals surface area contributed by atoms with Crippen LogP contribution in [0.1, 0.15) is 0 Å². The summed E-state index contributed by atoms with van der Waals surface area (Å²) in [6.07, 6.45) is 0. The summed E-state index contributed by atoms with van der Waals surface area (Å²) < 4.78 is 7.38. The molecule has 0 radical (unpaired) electrons. The summed E-state index contributed by atoms with van der Waals surface area (Å²) in [4.78, 5) is 0. The minimum absolute atomic E-state index is 1.14. The molecule has 0 bridgehead atoms. The quantitative estimate of drug-likeness (QED) is 0.168. The molecule has 0 saturated heterocycles. The van der Waals surface area contributed by atoms with Crippen LogP contribution in [0.4, 0.5) is 0 Å². The van der Waals surface area contributed by atoms with Crippen molar-refractivity contribution in [2.24, 2.45) is 0 Å². The molecule has 9 aromatic carbocycles. The Labute approximate surface area is 329 Å². The van der Waals surface area contributed by atoms with E-state index in [4.69, 9.17) is 0 Å². The highest BCUT2D eigenvalue weighted by molar-refractivity contribution is 6.29. The van der Waals surface area contributed by atoms with Crippen LogP contribution in [-0.4, -0.2) is 13.7 Å². The van der Waals surface area contributed by atoms with Crippen molar-refractivity contribution in [2.75, 3.05) is 0 Å². The maximum absolute atomic E-state index is 2.51. The average Bonchev–Trinajstić information content (AvgIpc) is 3.93. The van der Waals surface area contributed by atoms with E-state index in [0.717, 1.165) is 17.1 Å². The average molecular weight is 726 g/mol. The highest BCUT2D eigenvalue weighted by Gasteiger charge is 2.24. The van der Waals surface area contributed by atoms with Gasteiger partial charge in [0.2, 0.25) is 0 Å². The van der Waals surface area contributed by atoms with Crippen LogP contribution in [0.2, 0.25) is 0 Å². The first-order chi connectivity index (χ1) is 28.3. The van der Waals surface area contributed by atoms with Gasteiger partial charge in [-0.05, 0) is 77.9 Å². The highest BCUT2D eigenvalue weighted by Crippen LogP contribution is 2.46.